The number of benzene rings is 2. The second-order valence-electron chi connectivity index (χ2n) is 6.82. The minimum absolute atomic E-state index is 0.109. The molecule has 2 unspecified atom stereocenters. The predicted octanol–water partition coefficient (Wildman–Crippen LogP) is -1.33. The molecule has 0 saturated heterocycles. The van der Waals surface area contributed by atoms with E-state index in [1.165, 1.54) is 48.5 Å². The zero-order valence-corrected chi connectivity index (χ0v) is 14.6. The molecule has 8 heteroatoms. The maximum atomic E-state index is 12.7. The van der Waals surface area contributed by atoms with Gasteiger partial charge in [-0.2, -0.15) is 0 Å². The van der Waals surface area contributed by atoms with Crippen LogP contribution in [0.25, 0.3) is 0 Å². The maximum absolute atomic E-state index is 12.7. The number of aliphatic hydroxyl groups excluding tert-OH is 4. The lowest BCUT2D eigenvalue weighted by atomic mass is 9.63. The SMILES string of the molecule is O=C(c1ccccc1)C1(O)[C@H](O)[C@H](O)C(O)(C(=O)c2ccccc2)[C@@H](O)[C@@H]1O. The van der Waals surface area contributed by atoms with Gasteiger partial charge in [-0.15, -0.1) is 0 Å². The molecule has 0 heterocycles. The van der Waals surface area contributed by atoms with E-state index < -0.39 is 47.2 Å². The molecule has 0 aromatic heterocycles. The fourth-order valence-electron chi connectivity index (χ4n) is 3.49. The van der Waals surface area contributed by atoms with E-state index in [4.69, 9.17) is 0 Å². The molecule has 8 nitrogen and oxygen atoms in total. The molecular weight excluding hydrogens is 368 g/mol. The molecule has 1 aliphatic carbocycles. The maximum Gasteiger partial charge on any atom is 0.199 e. The number of carbonyl (C=O) groups excluding carboxylic acids is 2. The lowest BCUT2D eigenvalue weighted by Crippen LogP contribution is -2.80. The fourth-order valence-corrected chi connectivity index (χ4v) is 3.49. The van der Waals surface area contributed by atoms with Gasteiger partial charge in [0, 0.05) is 11.1 Å². The van der Waals surface area contributed by atoms with Gasteiger partial charge < -0.3 is 30.6 Å². The second kappa shape index (κ2) is 7.17. The molecule has 1 aliphatic rings. The van der Waals surface area contributed by atoms with Crippen LogP contribution in [0, 0.1) is 0 Å². The second-order valence-corrected chi connectivity index (χ2v) is 6.82. The zero-order chi connectivity index (χ0) is 20.7. The zero-order valence-electron chi connectivity index (χ0n) is 14.6. The van der Waals surface area contributed by atoms with E-state index in [2.05, 4.69) is 0 Å². The van der Waals surface area contributed by atoms with Crippen LogP contribution in [0.1, 0.15) is 20.7 Å². The van der Waals surface area contributed by atoms with E-state index >= 15 is 0 Å². The Morgan fingerprint density at radius 3 is 1.07 bits per heavy atom. The van der Waals surface area contributed by atoms with Crippen molar-refractivity contribution in [3.63, 3.8) is 0 Å². The van der Waals surface area contributed by atoms with Gasteiger partial charge in [-0.3, -0.25) is 9.59 Å². The summed E-state index contributed by atoms with van der Waals surface area (Å²) < 4.78 is 0. The summed E-state index contributed by atoms with van der Waals surface area (Å²) in [6.45, 7) is 0. The highest BCUT2D eigenvalue weighted by Crippen LogP contribution is 2.40. The lowest BCUT2D eigenvalue weighted by molar-refractivity contribution is -0.270. The summed E-state index contributed by atoms with van der Waals surface area (Å²) in [7, 11) is 0. The van der Waals surface area contributed by atoms with Gasteiger partial charge in [-0.05, 0) is 0 Å². The molecule has 6 N–H and O–H groups in total. The van der Waals surface area contributed by atoms with Gasteiger partial charge in [0.1, 0.15) is 24.4 Å². The number of Topliss-reactive ketones (excluding diaryl/α,β-unsaturated/α-hetero) is 2. The van der Waals surface area contributed by atoms with Gasteiger partial charge >= 0.3 is 0 Å². The fraction of sp³-hybridized carbons (Fsp3) is 0.300. The van der Waals surface area contributed by atoms with Gasteiger partial charge in [0.15, 0.2) is 22.8 Å². The molecule has 0 amide bonds. The van der Waals surface area contributed by atoms with E-state index in [1.807, 2.05) is 0 Å². The number of hydrogen-bond donors (Lipinski definition) is 6. The molecule has 1 fully saturated rings. The normalized spacial score (nSPS) is 35.4. The summed E-state index contributed by atoms with van der Waals surface area (Å²) in [5, 5.41) is 63.3. The van der Waals surface area contributed by atoms with Crippen molar-refractivity contribution in [3.8, 4) is 0 Å². The monoisotopic (exact) mass is 388 g/mol. The number of rotatable bonds is 4. The Morgan fingerprint density at radius 2 is 0.821 bits per heavy atom. The average Bonchev–Trinajstić information content (AvgIpc) is 2.75. The minimum atomic E-state index is -3.05. The molecule has 1 saturated carbocycles. The smallest absolute Gasteiger partial charge is 0.199 e. The number of hydrogen-bond acceptors (Lipinski definition) is 8. The Hall–Kier alpha value is -2.46. The van der Waals surface area contributed by atoms with Crippen molar-refractivity contribution < 1.29 is 40.2 Å². The highest BCUT2D eigenvalue weighted by molar-refractivity contribution is 6.06. The van der Waals surface area contributed by atoms with Gasteiger partial charge in [0.05, 0.1) is 0 Å². The quantitative estimate of drug-likeness (QED) is 0.352. The van der Waals surface area contributed by atoms with Crippen LogP contribution in [0.15, 0.2) is 60.7 Å². The van der Waals surface area contributed by atoms with E-state index in [1.54, 1.807) is 12.1 Å². The van der Waals surface area contributed by atoms with E-state index in [0.717, 1.165) is 0 Å². The van der Waals surface area contributed by atoms with E-state index in [-0.39, 0.29) is 11.1 Å². The Morgan fingerprint density at radius 1 is 0.571 bits per heavy atom. The molecule has 0 radical (unpaired) electrons. The summed E-state index contributed by atoms with van der Waals surface area (Å²) in [5.74, 6) is -2.36. The standard InChI is InChI=1S/C20H20O8/c21-13(11-7-3-1-4-8-11)19(27)15(23)17(25)20(28,18(26)16(19)24)14(22)12-9-5-2-6-10-12/h1-10,15-18,23-28H/t15-,16-,17-,18+,19?,20?/m0/s1. The Balaban J connectivity index is 2.04. The van der Waals surface area contributed by atoms with Crippen LogP contribution in [0.2, 0.25) is 0 Å². The van der Waals surface area contributed by atoms with Crippen molar-refractivity contribution >= 4 is 11.6 Å². The van der Waals surface area contributed by atoms with Crippen molar-refractivity contribution in [2.45, 2.75) is 35.6 Å². The molecule has 6 atom stereocenters. The third kappa shape index (κ3) is 2.78. The number of ketones is 2. The average molecular weight is 388 g/mol. The predicted molar refractivity (Wildman–Crippen MR) is 95.5 cm³/mol. The third-order valence-electron chi connectivity index (χ3n) is 5.20. The molecule has 3 rings (SSSR count). The first-order chi connectivity index (χ1) is 13.2. The topological polar surface area (TPSA) is 156 Å². The highest BCUT2D eigenvalue weighted by Gasteiger charge is 2.69. The molecule has 2 aromatic rings. The van der Waals surface area contributed by atoms with Crippen LogP contribution in [0.3, 0.4) is 0 Å². The van der Waals surface area contributed by atoms with Gasteiger partial charge in [0.2, 0.25) is 0 Å². The first-order valence-electron chi connectivity index (χ1n) is 8.53. The van der Waals surface area contributed by atoms with Gasteiger partial charge in [-0.1, -0.05) is 60.7 Å². The van der Waals surface area contributed by atoms with Crippen molar-refractivity contribution in [1.29, 1.82) is 0 Å². The molecule has 0 spiro atoms. The molecule has 28 heavy (non-hydrogen) atoms. The Bertz CT molecular complexity index is 777. The summed E-state index contributed by atoms with van der Waals surface area (Å²) in [6, 6.07) is 14.3. The highest BCUT2D eigenvalue weighted by atomic mass is 16.4. The number of aliphatic hydroxyl groups is 6. The molecular formula is C20H20O8. The summed E-state index contributed by atoms with van der Waals surface area (Å²) in [6.07, 6.45) is -9.85. The number of carbonyl (C=O) groups is 2. The first-order valence-corrected chi connectivity index (χ1v) is 8.53. The van der Waals surface area contributed by atoms with Gasteiger partial charge in [-0.25, -0.2) is 0 Å². The van der Waals surface area contributed by atoms with Crippen LogP contribution in [-0.4, -0.2) is 77.8 Å². The largest absolute Gasteiger partial charge is 0.387 e. The molecule has 0 aliphatic heterocycles. The summed E-state index contributed by atoms with van der Waals surface area (Å²) in [5.41, 5.74) is -6.32. The summed E-state index contributed by atoms with van der Waals surface area (Å²) >= 11 is 0. The minimum Gasteiger partial charge on any atom is -0.387 e. The van der Waals surface area contributed by atoms with Crippen LogP contribution in [0.5, 0.6) is 0 Å². The molecule has 2 aromatic carbocycles. The van der Waals surface area contributed by atoms with Crippen molar-refractivity contribution in [1.82, 2.24) is 0 Å². The first kappa shape index (κ1) is 20.3. The van der Waals surface area contributed by atoms with Crippen molar-refractivity contribution in [2.24, 2.45) is 0 Å². The van der Waals surface area contributed by atoms with Crippen LogP contribution < -0.4 is 0 Å². The van der Waals surface area contributed by atoms with E-state index in [0.29, 0.717) is 0 Å². The van der Waals surface area contributed by atoms with Crippen molar-refractivity contribution in [3.05, 3.63) is 71.8 Å². The van der Waals surface area contributed by atoms with Crippen molar-refractivity contribution in [2.75, 3.05) is 0 Å². The molecule has 148 valence electrons. The summed E-state index contributed by atoms with van der Waals surface area (Å²) in [4.78, 5) is 25.5. The molecule has 0 bridgehead atoms. The Labute approximate surface area is 159 Å². The lowest BCUT2D eigenvalue weighted by Gasteiger charge is -2.51. The third-order valence-corrected chi connectivity index (χ3v) is 5.20. The van der Waals surface area contributed by atoms with Crippen LogP contribution >= 0.6 is 0 Å². The van der Waals surface area contributed by atoms with Crippen LogP contribution in [0.4, 0.5) is 0 Å². The van der Waals surface area contributed by atoms with Crippen LogP contribution in [-0.2, 0) is 0 Å². The Kier molecular flexibility index (Phi) is 5.20. The van der Waals surface area contributed by atoms with Gasteiger partial charge in [0.25, 0.3) is 0 Å². The van der Waals surface area contributed by atoms with E-state index in [9.17, 15) is 40.2 Å².